The summed E-state index contributed by atoms with van der Waals surface area (Å²) >= 11 is 0. The van der Waals surface area contributed by atoms with Gasteiger partial charge in [0.15, 0.2) is 0 Å². The van der Waals surface area contributed by atoms with Crippen LogP contribution in [0.2, 0.25) is 0 Å². The van der Waals surface area contributed by atoms with E-state index < -0.39 is 23.4 Å². The Bertz CT molecular complexity index is 249. The normalized spacial score (nSPS) is 13.1. The number of carbonyl (C=O) groups excluding carboxylic acids is 2. The number of amides is 2. The maximum atomic E-state index is 11.4. The van der Waals surface area contributed by atoms with Crippen LogP contribution in [-0.2, 0) is 9.59 Å². The van der Waals surface area contributed by atoms with Crippen LogP contribution in [0.4, 0.5) is 0 Å². The van der Waals surface area contributed by atoms with E-state index in [0.29, 0.717) is 6.42 Å². The first kappa shape index (κ1) is 14.9. The van der Waals surface area contributed by atoms with Crippen molar-refractivity contribution in [2.75, 3.05) is 13.2 Å². The monoisotopic (exact) mass is 232 g/mol. The van der Waals surface area contributed by atoms with Crippen molar-refractivity contribution in [2.24, 2.45) is 0 Å². The standard InChI is InChI=1S/C10H20N2O4/c1-4-7(5-13)11-8(15)9(16)12-10(2,3)6-14/h7,13-14H,4-6H2,1-3H3,(H,11,15)(H,12,16). The summed E-state index contributed by atoms with van der Waals surface area (Å²) in [6, 6.07) is -0.421. The van der Waals surface area contributed by atoms with Gasteiger partial charge in [0.1, 0.15) is 0 Å². The van der Waals surface area contributed by atoms with Gasteiger partial charge in [0.05, 0.1) is 24.8 Å². The van der Waals surface area contributed by atoms with Gasteiger partial charge in [-0.25, -0.2) is 0 Å². The molecule has 0 bridgehead atoms. The molecule has 0 aliphatic carbocycles. The summed E-state index contributed by atoms with van der Waals surface area (Å²) in [5.74, 6) is -1.62. The number of carbonyl (C=O) groups is 2. The van der Waals surface area contributed by atoms with Gasteiger partial charge in [0, 0.05) is 0 Å². The Labute approximate surface area is 95.0 Å². The van der Waals surface area contributed by atoms with Gasteiger partial charge in [0.25, 0.3) is 0 Å². The Morgan fingerprint density at radius 3 is 2.19 bits per heavy atom. The van der Waals surface area contributed by atoms with Crippen LogP contribution in [-0.4, -0.2) is 46.8 Å². The molecule has 0 spiro atoms. The number of nitrogens with one attached hydrogen (secondary N) is 2. The fourth-order valence-corrected chi connectivity index (χ4v) is 0.931. The summed E-state index contributed by atoms with van der Waals surface area (Å²) in [6.07, 6.45) is 0.541. The van der Waals surface area contributed by atoms with Gasteiger partial charge in [-0.2, -0.15) is 0 Å². The van der Waals surface area contributed by atoms with Crippen molar-refractivity contribution >= 4 is 11.8 Å². The van der Waals surface area contributed by atoms with Gasteiger partial charge in [-0.05, 0) is 20.3 Å². The van der Waals surface area contributed by atoms with Crippen molar-refractivity contribution < 1.29 is 19.8 Å². The zero-order valence-corrected chi connectivity index (χ0v) is 9.91. The van der Waals surface area contributed by atoms with Crippen LogP contribution in [0.15, 0.2) is 0 Å². The summed E-state index contributed by atoms with van der Waals surface area (Å²) in [5.41, 5.74) is -0.838. The molecule has 0 aliphatic heterocycles. The van der Waals surface area contributed by atoms with Gasteiger partial charge in [-0.1, -0.05) is 6.92 Å². The third-order valence-electron chi connectivity index (χ3n) is 2.10. The SMILES string of the molecule is CCC(CO)NC(=O)C(=O)NC(C)(C)CO. The second-order valence-electron chi connectivity index (χ2n) is 4.26. The first-order chi connectivity index (χ1) is 7.36. The molecule has 0 rings (SSSR count). The highest BCUT2D eigenvalue weighted by atomic mass is 16.3. The third-order valence-corrected chi connectivity index (χ3v) is 2.10. The summed E-state index contributed by atoms with van der Waals surface area (Å²) in [6.45, 7) is 4.52. The smallest absolute Gasteiger partial charge is 0.309 e. The summed E-state index contributed by atoms with van der Waals surface area (Å²) in [5, 5.41) is 22.5. The molecule has 4 N–H and O–H groups in total. The van der Waals surface area contributed by atoms with E-state index in [9.17, 15) is 9.59 Å². The number of rotatable bonds is 5. The first-order valence-corrected chi connectivity index (χ1v) is 5.21. The maximum absolute atomic E-state index is 11.4. The number of aliphatic hydroxyl groups excluding tert-OH is 2. The lowest BCUT2D eigenvalue weighted by Gasteiger charge is -2.23. The van der Waals surface area contributed by atoms with Crippen LogP contribution in [0.1, 0.15) is 27.2 Å². The van der Waals surface area contributed by atoms with Crippen LogP contribution in [0.25, 0.3) is 0 Å². The lowest BCUT2D eigenvalue weighted by molar-refractivity contribution is -0.141. The quantitative estimate of drug-likeness (QED) is 0.446. The molecule has 94 valence electrons. The maximum Gasteiger partial charge on any atom is 0.309 e. The van der Waals surface area contributed by atoms with E-state index in [2.05, 4.69) is 10.6 Å². The number of aliphatic hydroxyl groups is 2. The average Bonchev–Trinajstić information content (AvgIpc) is 2.24. The van der Waals surface area contributed by atoms with E-state index in [1.807, 2.05) is 0 Å². The zero-order chi connectivity index (χ0) is 12.8. The van der Waals surface area contributed by atoms with Gasteiger partial charge in [-0.15, -0.1) is 0 Å². The molecule has 0 fully saturated rings. The molecule has 6 heteroatoms. The van der Waals surface area contributed by atoms with E-state index in [1.54, 1.807) is 20.8 Å². The lowest BCUT2D eigenvalue weighted by Crippen LogP contribution is -2.53. The van der Waals surface area contributed by atoms with E-state index in [1.165, 1.54) is 0 Å². The summed E-state index contributed by atoms with van der Waals surface area (Å²) < 4.78 is 0. The Morgan fingerprint density at radius 1 is 1.25 bits per heavy atom. The third kappa shape index (κ3) is 5.09. The molecule has 1 unspecified atom stereocenters. The second kappa shape index (κ2) is 6.44. The Kier molecular flexibility index (Phi) is 5.98. The molecule has 0 heterocycles. The van der Waals surface area contributed by atoms with Gasteiger partial charge in [0.2, 0.25) is 0 Å². The highest BCUT2D eigenvalue weighted by molar-refractivity contribution is 6.35. The fourth-order valence-electron chi connectivity index (χ4n) is 0.931. The van der Waals surface area contributed by atoms with Crippen LogP contribution >= 0.6 is 0 Å². The van der Waals surface area contributed by atoms with Crippen LogP contribution in [0.3, 0.4) is 0 Å². The topological polar surface area (TPSA) is 98.7 Å². The molecule has 2 amide bonds. The molecule has 0 aromatic rings. The minimum Gasteiger partial charge on any atom is -0.394 e. The van der Waals surface area contributed by atoms with Crippen molar-refractivity contribution in [3.8, 4) is 0 Å². The highest BCUT2D eigenvalue weighted by Gasteiger charge is 2.24. The number of hydrogen-bond acceptors (Lipinski definition) is 4. The van der Waals surface area contributed by atoms with Gasteiger partial charge < -0.3 is 20.8 Å². The molecule has 0 aromatic carbocycles. The predicted octanol–water partition coefficient (Wildman–Crippen LogP) is -1.24. The molecular formula is C10H20N2O4. The van der Waals surface area contributed by atoms with Crippen molar-refractivity contribution in [3.63, 3.8) is 0 Å². The minimum atomic E-state index is -0.838. The number of hydrogen-bond donors (Lipinski definition) is 4. The summed E-state index contributed by atoms with van der Waals surface area (Å²) in [7, 11) is 0. The van der Waals surface area contributed by atoms with Crippen molar-refractivity contribution in [1.29, 1.82) is 0 Å². The van der Waals surface area contributed by atoms with Crippen molar-refractivity contribution in [2.45, 2.75) is 38.8 Å². The van der Waals surface area contributed by atoms with E-state index in [0.717, 1.165) is 0 Å². The second-order valence-corrected chi connectivity index (χ2v) is 4.26. The molecule has 1 atom stereocenters. The van der Waals surface area contributed by atoms with Gasteiger partial charge >= 0.3 is 11.8 Å². The predicted molar refractivity (Wildman–Crippen MR) is 58.6 cm³/mol. The minimum absolute atomic E-state index is 0.209. The molecular weight excluding hydrogens is 212 g/mol. The largest absolute Gasteiger partial charge is 0.394 e. The van der Waals surface area contributed by atoms with Crippen LogP contribution < -0.4 is 10.6 Å². The summed E-state index contributed by atoms with van der Waals surface area (Å²) in [4.78, 5) is 22.7. The molecule has 0 aliphatic rings. The Balaban J connectivity index is 4.24. The first-order valence-electron chi connectivity index (χ1n) is 5.21. The fraction of sp³-hybridized carbons (Fsp3) is 0.800. The molecule has 0 radical (unpaired) electrons. The van der Waals surface area contributed by atoms with Crippen molar-refractivity contribution in [1.82, 2.24) is 10.6 Å². The van der Waals surface area contributed by atoms with E-state index in [4.69, 9.17) is 10.2 Å². The Morgan fingerprint density at radius 2 is 1.81 bits per heavy atom. The molecule has 0 saturated heterocycles. The van der Waals surface area contributed by atoms with Crippen LogP contribution in [0.5, 0.6) is 0 Å². The van der Waals surface area contributed by atoms with E-state index >= 15 is 0 Å². The zero-order valence-electron chi connectivity index (χ0n) is 9.91. The molecule has 0 aromatic heterocycles. The van der Waals surface area contributed by atoms with Crippen molar-refractivity contribution in [3.05, 3.63) is 0 Å². The molecule has 0 saturated carbocycles. The average molecular weight is 232 g/mol. The van der Waals surface area contributed by atoms with E-state index in [-0.39, 0.29) is 13.2 Å². The van der Waals surface area contributed by atoms with Crippen LogP contribution in [0, 0.1) is 0 Å². The molecule has 6 nitrogen and oxygen atoms in total. The lowest BCUT2D eigenvalue weighted by atomic mass is 10.1. The molecule has 16 heavy (non-hydrogen) atoms. The van der Waals surface area contributed by atoms with Gasteiger partial charge in [-0.3, -0.25) is 9.59 Å². The highest BCUT2D eigenvalue weighted by Crippen LogP contribution is 1.99. The Hall–Kier alpha value is -1.14.